The molecule has 2 N–H and O–H groups in total. The van der Waals surface area contributed by atoms with E-state index in [-0.39, 0.29) is 11.3 Å². The van der Waals surface area contributed by atoms with Crippen molar-refractivity contribution in [3.8, 4) is 5.75 Å². The van der Waals surface area contributed by atoms with Crippen LogP contribution in [0.5, 0.6) is 5.75 Å². The molecule has 0 aromatic heterocycles. The first kappa shape index (κ1) is 44.6. The summed E-state index contributed by atoms with van der Waals surface area (Å²) < 4.78 is 55.2. The van der Waals surface area contributed by atoms with Crippen LogP contribution in [-0.2, 0) is 81.0 Å². The molecular weight excluding hydrogens is 752 g/mol. The van der Waals surface area contributed by atoms with Crippen LogP contribution in [0.15, 0.2) is 24.3 Å². The van der Waals surface area contributed by atoms with Crippen LogP contribution >= 0.6 is 0 Å². The number of hydrogen-bond donors (Lipinski definition) is 2. The van der Waals surface area contributed by atoms with E-state index >= 15 is 0 Å². The Labute approximate surface area is 320 Å². The van der Waals surface area contributed by atoms with E-state index in [2.05, 4.69) is 10.6 Å². The Morgan fingerprint density at radius 1 is 0.500 bits per heavy atom. The number of benzene rings is 1. The first-order valence-electron chi connectivity index (χ1n) is 17.0. The number of esters is 7. The smallest absolute Gasteiger partial charge is 0.340 e. The fraction of sp³-hybridized carbons (Fsp3) is 0.571. The van der Waals surface area contributed by atoms with Gasteiger partial charge in [-0.2, -0.15) is 0 Å². The molecule has 1 aromatic rings. The molecule has 0 unspecified atom stereocenters. The largest absolute Gasteiger partial charge is 0.463 e. The Kier molecular flexibility index (Phi) is 16.1. The average Bonchev–Trinajstić information content (AvgIpc) is 3.07. The van der Waals surface area contributed by atoms with Gasteiger partial charge in [-0.3, -0.25) is 38.4 Å². The van der Waals surface area contributed by atoms with Crippen LogP contribution in [0.2, 0.25) is 0 Å². The zero-order valence-corrected chi connectivity index (χ0v) is 31.8. The van der Waals surface area contributed by atoms with Gasteiger partial charge < -0.3 is 58.0 Å². The minimum Gasteiger partial charge on any atom is -0.463 e. The SMILES string of the molecule is CC(=O)N[C@@H]1[C@H](Oc2ccc(C(=O)O[C@@H]3O[C@H](COC(C)=O)[C@@H](OC(C)=O)[C@H](OC(C)=O)[C@@H]3NC(C)=O)cc2)O[C@H](COC(C)=O)[C@H](OC(C)=O)[C@@H]1OC(C)=O. The van der Waals surface area contributed by atoms with Gasteiger partial charge in [0.05, 0.1) is 5.56 Å². The summed E-state index contributed by atoms with van der Waals surface area (Å²) in [4.78, 5) is 110. The maximum Gasteiger partial charge on any atom is 0.340 e. The zero-order chi connectivity index (χ0) is 41.9. The molecular formula is C35H44N2O19. The summed E-state index contributed by atoms with van der Waals surface area (Å²) in [5.74, 6) is -6.95. The van der Waals surface area contributed by atoms with Crippen LogP contribution in [0, 0.1) is 0 Å². The molecule has 1 aromatic carbocycles. The van der Waals surface area contributed by atoms with Crippen molar-refractivity contribution >= 4 is 53.6 Å². The molecule has 0 aliphatic carbocycles. The highest BCUT2D eigenvalue weighted by Crippen LogP contribution is 2.31. The van der Waals surface area contributed by atoms with Crippen molar-refractivity contribution < 1.29 is 90.5 Å². The van der Waals surface area contributed by atoms with Gasteiger partial charge in [0.2, 0.25) is 24.4 Å². The van der Waals surface area contributed by atoms with E-state index in [1.807, 2.05) is 0 Å². The third-order valence-corrected chi connectivity index (χ3v) is 7.71. The number of ether oxygens (including phenoxy) is 10. The summed E-state index contributed by atoms with van der Waals surface area (Å²) in [5, 5.41) is 5.05. The third-order valence-electron chi connectivity index (χ3n) is 7.71. The number of amides is 2. The monoisotopic (exact) mass is 796 g/mol. The molecule has 308 valence electrons. The molecule has 3 rings (SSSR count). The molecule has 0 bridgehead atoms. The molecule has 0 saturated carbocycles. The first-order valence-corrected chi connectivity index (χ1v) is 17.0. The number of carbonyl (C=O) groups excluding carboxylic acids is 9. The molecule has 2 aliphatic heterocycles. The van der Waals surface area contributed by atoms with Crippen molar-refractivity contribution in [1.29, 1.82) is 0 Å². The molecule has 2 saturated heterocycles. The van der Waals surface area contributed by atoms with E-state index in [1.54, 1.807) is 0 Å². The fourth-order valence-electron chi connectivity index (χ4n) is 5.76. The highest BCUT2D eigenvalue weighted by atomic mass is 16.7. The van der Waals surface area contributed by atoms with Gasteiger partial charge in [0, 0.05) is 55.4 Å². The highest BCUT2D eigenvalue weighted by Gasteiger charge is 2.53. The van der Waals surface area contributed by atoms with E-state index in [1.165, 1.54) is 31.2 Å². The number of nitrogens with one attached hydrogen (secondary N) is 2. The van der Waals surface area contributed by atoms with Crippen molar-refractivity contribution in [2.45, 2.75) is 117 Å². The second-order valence-electron chi connectivity index (χ2n) is 12.5. The van der Waals surface area contributed by atoms with Gasteiger partial charge in [0.1, 0.15) is 43.3 Å². The van der Waals surface area contributed by atoms with Crippen LogP contribution < -0.4 is 15.4 Å². The molecule has 2 amide bonds. The number of carbonyl (C=O) groups is 9. The first-order chi connectivity index (χ1) is 26.2. The van der Waals surface area contributed by atoms with Gasteiger partial charge in [-0.25, -0.2) is 4.79 Å². The number of hydrogen-bond acceptors (Lipinski definition) is 19. The molecule has 0 spiro atoms. The fourth-order valence-corrected chi connectivity index (χ4v) is 5.76. The molecule has 21 nitrogen and oxygen atoms in total. The summed E-state index contributed by atoms with van der Waals surface area (Å²) in [5.41, 5.74) is -0.103. The topological polar surface area (TPSA) is 270 Å². The summed E-state index contributed by atoms with van der Waals surface area (Å²) in [6.45, 7) is 7.86. The van der Waals surface area contributed by atoms with Crippen LogP contribution in [-0.4, -0.2) is 128 Å². The Bertz CT molecular complexity index is 1650. The normalized spacial score (nSPS) is 26.9. The van der Waals surface area contributed by atoms with Crippen LogP contribution in [0.25, 0.3) is 0 Å². The predicted octanol–water partition coefficient (Wildman–Crippen LogP) is -0.466. The van der Waals surface area contributed by atoms with Crippen molar-refractivity contribution in [3.05, 3.63) is 29.8 Å². The van der Waals surface area contributed by atoms with Crippen LogP contribution in [0.4, 0.5) is 0 Å². The summed E-state index contributed by atoms with van der Waals surface area (Å²) in [7, 11) is 0. The Hall–Kier alpha value is -5.83. The standard InChI is InChI=1S/C35H44N2O19/c1-15(38)36-27-31(51-21(7)44)29(49-19(5)42)25(13-47-17(3)40)54-34(27)53-24-11-9-23(10-12-24)33(46)56-35-28(37-16(2)39)32(52-22(8)45)30(50-20(6)43)26(55-35)14-48-18(4)41/h9-12,25-32,34-35H,13-14H2,1-8H3,(H,36,38)(H,37,39)/t25-,26-,27+,28+,29+,30-,31-,32-,34-,35+/m1/s1. The van der Waals surface area contributed by atoms with Crippen LogP contribution in [0.3, 0.4) is 0 Å². The van der Waals surface area contributed by atoms with E-state index < -0.39 is 128 Å². The third kappa shape index (κ3) is 13.2. The lowest BCUT2D eigenvalue weighted by molar-refractivity contribution is -0.263. The lowest BCUT2D eigenvalue weighted by atomic mass is 9.96. The van der Waals surface area contributed by atoms with E-state index in [9.17, 15) is 43.2 Å². The van der Waals surface area contributed by atoms with E-state index in [0.717, 1.165) is 48.5 Å². The molecule has 10 atom stereocenters. The molecule has 2 aliphatic rings. The van der Waals surface area contributed by atoms with Gasteiger partial charge >= 0.3 is 41.8 Å². The van der Waals surface area contributed by atoms with Gasteiger partial charge in [-0.05, 0) is 24.3 Å². The predicted molar refractivity (Wildman–Crippen MR) is 180 cm³/mol. The van der Waals surface area contributed by atoms with E-state index in [4.69, 9.17) is 47.4 Å². The van der Waals surface area contributed by atoms with Gasteiger partial charge in [-0.15, -0.1) is 0 Å². The van der Waals surface area contributed by atoms with Crippen molar-refractivity contribution in [3.63, 3.8) is 0 Å². The van der Waals surface area contributed by atoms with Gasteiger partial charge in [0.25, 0.3) is 0 Å². The lowest BCUT2D eigenvalue weighted by Gasteiger charge is -2.44. The Morgan fingerprint density at radius 3 is 1.25 bits per heavy atom. The maximum absolute atomic E-state index is 13.5. The molecule has 56 heavy (non-hydrogen) atoms. The molecule has 2 fully saturated rings. The Morgan fingerprint density at radius 2 is 0.875 bits per heavy atom. The quantitative estimate of drug-likeness (QED) is 0.178. The van der Waals surface area contributed by atoms with Crippen molar-refractivity contribution in [2.75, 3.05) is 13.2 Å². The highest BCUT2D eigenvalue weighted by molar-refractivity contribution is 5.89. The molecule has 2 heterocycles. The minimum atomic E-state index is -1.69. The second-order valence-corrected chi connectivity index (χ2v) is 12.5. The summed E-state index contributed by atoms with van der Waals surface area (Å²) in [6, 6.07) is 2.42. The maximum atomic E-state index is 13.5. The molecule has 21 heteroatoms. The van der Waals surface area contributed by atoms with Crippen LogP contribution in [0.1, 0.15) is 65.7 Å². The lowest BCUT2D eigenvalue weighted by Crippen LogP contribution is -2.67. The van der Waals surface area contributed by atoms with Gasteiger partial charge in [0.15, 0.2) is 24.4 Å². The summed E-state index contributed by atoms with van der Waals surface area (Å²) in [6.07, 6.45) is -11.4. The van der Waals surface area contributed by atoms with Crippen molar-refractivity contribution in [1.82, 2.24) is 10.6 Å². The zero-order valence-electron chi connectivity index (χ0n) is 31.8. The average molecular weight is 797 g/mol. The second kappa shape index (κ2) is 20.2. The van der Waals surface area contributed by atoms with Crippen molar-refractivity contribution in [2.24, 2.45) is 0 Å². The molecule has 0 radical (unpaired) electrons. The van der Waals surface area contributed by atoms with E-state index in [0.29, 0.717) is 0 Å². The van der Waals surface area contributed by atoms with Gasteiger partial charge in [-0.1, -0.05) is 0 Å². The number of rotatable bonds is 14. The summed E-state index contributed by atoms with van der Waals surface area (Å²) >= 11 is 0. The minimum absolute atomic E-state index is 0.0336. The Balaban J connectivity index is 1.93.